The van der Waals surface area contributed by atoms with Crippen molar-refractivity contribution < 1.29 is 18.3 Å². The Balaban J connectivity index is 2.14. The first-order chi connectivity index (χ1) is 10.9. The van der Waals surface area contributed by atoms with E-state index in [-0.39, 0.29) is 21.4 Å². The van der Waals surface area contributed by atoms with Crippen LogP contribution in [0.15, 0.2) is 23.1 Å². The van der Waals surface area contributed by atoms with Crippen molar-refractivity contribution in [1.82, 2.24) is 9.62 Å². The number of sulfonamides is 1. The van der Waals surface area contributed by atoms with E-state index in [2.05, 4.69) is 10.6 Å². The van der Waals surface area contributed by atoms with Gasteiger partial charge in [-0.2, -0.15) is 4.31 Å². The zero-order valence-electron chi connectivity index (χ0n) is 12.9. The van der Waals surface area contributed by atoms with Crippen molar-refractivity contribution in [3.05, 3.63) is 18.2 Å². The first kappa shape index (κ1) is 17.9. The van der Waals surface area contributed by atoms with Gasteiger partial charge in [-0.25, -0.2) is 8.42 Å². The van der Waals surface area contributed by atoms with E-state index < -0.39 is 10.0 Å². The van der Waals surface area contributed by atoms with Crippen LogP contribution in [-0.2, 0) is 14.8 Å². The molecule has 1 fully saturated rings. The molecular formula is C14H21N3O4S2. The minimum absolute atomic E-state index is 0.0683. The maximum Gasteiger partial charge on any atom is 0.243 e. The summed E-state index contributed by atoms with van der Waals surface area (Å²) in [5.41, 5.74) is 0.250. The molecule has 0 aromatic heterocycles. The van der Waals surface area contributed by atoms with E-state index in [9.17, 15) is 13.5 Å². The van der Waals surface area contributed by atoms with Gasteiger partial charge in [-0.15, -0.1) is 0 Å². The van der Waals surface area contributed by atoms with Gasteiger partial charge in [0.1, 0.15) is 5.75 Å². The van der Waals surface area contributed by atoms with Crippen molar-refractivity contribution in [3.8, 4) is 5.75 Å². The molecule has 0 saturated carbocycles. The van der Waals surface area contributed by atoms with Gasteiger partial charge in [-0.3, -0.25) is 0 Å². The minimum atomic E-state index is -3.54. The monoisotopic (exact) mass is 359 g/mol. The van der Waals surface area contributed by atoms with Crippen LogP contribution in [0.25, 0.3) is 0 Å². The van der Waals surface area contributed by atoms with Crippen LogP contribution in [0.4, 0.5) is 5.69 Å². The Labute approximate surface area is 141 Å². The van der Waals surface area contributed by atoms with E-state index >= 15 is 0 Å². The summed E-state index contributed by atoms with van der Waals surface area (Å²) >= 11 is 5.10. The first-order valence-corrected chi connectivity index (χ1v) is 9.17. The standard InChI is InChI=1S/C14H21N3O4S2/c1-21-9-6-15-14(22)16-12-10-11(4-5-13(12)18)23(19,20)17-7-2-3-8-17/h4-5,10,18H,2-3,6-9H2,1H3,(H2,15,16,22). The average Bonchev–Trinajstić information content (AvgIpc) is 3.04. The number of hydrogen-bond donors (Lipinski definition) is 3. The van der Waals surface area contributed by atoms with E-state index in [0.29, 0.717) is 26.2 Å². The highest BCUT2D eigenvalue weighted by atomic mass is 32.2. The summed E-state index contributed by atoms with van der Waals surface area (Å²) < 4.78 is 31.5. The van der Waals surface area contributed by atoms with Crippen molar-refractivity contribution in [1.29, 1.82) is 0 Å². The Morgan fingerprint density at radius 1 is 1.39 bits per heavy atom. The Hall–Kier alpha value is -1.42. The Morgan fingerprint density at radius 3 is 2.74 bits per heavy atom. The fourth-order valence-corrected chi connectivity index (χ4v) is 4.04. The molecule has 0 radical (unpaired) electrons. The van der Waals surface area contributed by atoms with Gasteiger partial charge in [0.2, 0.25) is 10.0 Å². The second kappa shape index (κ2) is 7.91. The van der Waals surface area contributed by atoms with E-state index in [1.54, 1.807) is 7.11 Å². The smallest absolute Gasteiger partial charge is 0.243 e. The molecule has 1 heterocycles. The number of ether oxygens (including phenoxy) is 1. The fourth-order valence-electron chi connectivity index (χ4n) is 2.29. The Bertz CT molecular complexity index is 658. The summed E-state index contributed by atoms with van der Waals surface area (Å²) in [7, 11) is -1.96. The predicted octanol–water partition coefficient (Wildman–Crippen LogP) is 1.11. The molecular weight excluding hydrogens is 338 g/mol. The van der Waals surface area contributed by atoms with E-state index in [1.165, 1.54) is 22.5 Å². The lowest BCUT2D eigenvalue weighted by Gasteiger charge is -2.17. The maximum absolute atomic E-state index is 12.5. The second-order valence-corrected chi connectivity index (χ2v) is 7.51. The molecule has 7 nitrogen and oxygen atoms in total. The predicted molar refractivity (Wildman–Crippen MR) is 92.2 cm³/mol. The number of phenolic OH excluding ortho intramolecular Hbond substituents is 1. The highest BCUT2D eigenvalue weighted by molar-refractivity contribution is 7.89. The topological polar surface area (TPSA) is 90.9 Å². The summed E-state index contributed by atoms with van der Waals surface area (Å²) in [6.45, 7) is 2.05. The summed E-state index contributed by atoms with van der Waals surface area (Å²) in [6.07, 6.45) is 1.74. The zero-order chi connectivity index (χ0) is 16.9. The molecule has 1 aromatic rings. The minimum Gasteiger partial charge on any atom is -0.506 e. The van der Waals surface area contributed by atoms with Gasteiger partial charge in [-0.05, 0) is 43.3 Å². The van der Waals surface area contributed by atoms with Gasteiger partial charge in [0.15, 0.2) is 5.11 Å². The number of aromatic hydroxyl groups is 1. The van der Waals surface area contributed by atoms with Crippen LogP contribution in [0.2, 0.25) is 0 Å². The van der Waals surface area contributed by atoms with Gasteiger partial charge >= 0.3 is 0 Å². The molecule has 1 aliphatic rings. The lowest BCUT2D eigenvalue weighted by Crippen LogP contribution is -2.31. The Kier molecular flexibility index (Phi) is 6.17. The van der Waals surface area contributed by atoms with Crippen LogP contribution in [-0.4, -0.2) is 56.3 Å². The molecule has 0 atom stereocenters. The van der Waals surface area contributed by atoms with Crippen LogP contribution in [0.1, 0.15) is 12.8 Å². The molecule has 1 aliphatic heterocycles. The van der Waals surface area contributed by atoms with Gasteiger partial charge in [0, 0.05) is 26.7 Å². The highest BCUT2D eigenvalue weighted by Crippen LogP contribution is 2.29. The third kappa shape index (κ3) is 4.54. The molecule has 0 aliphatic carbocycles. The third-order valence-electron chi connectivity index (χ3n) is 3.51. The number of anilines is 1. The van der Waals surface area contributed by atoms with Crippen molar-refractivity contribution in [2.75, 3.05) is 38.7 Å². The maximum atomic E-state index is 12.5. The van der Waals surface area contributed by atoms with Crippen molar-refractivity contribution in [2.24, 2.45) is 0 Å². The highest BCUT2D eigenvalue weighted by Gasteiger charge is 2.27. The van der Waals surface area contributed by atoms with Crippen molar-refractivity contribution in [2.45, 2.75) is 17.7 Å². The van der Waals surface area contributed by atoms with Crippen LogP contribution in [0, 0.1) is 0 Å². The molecule has 23 heavy (non-hydrogen) atoms. The summed E-state index contributed by atoms with van der Waals surface area (Å²) in [5.74, 6) is -0.0683. The third-order valence-corrected chi connectivity index (χ3v) is 5.65. The van der Waals surface area contributed by atoms with Gasteiger partial charge in [-0.1, -0.05) is 0 Å². The number of benzene rings is 1. The summed E-state index contributed by atoms with van der Waals surface area (Å²) in [5, 5.41) is 15.9. The van der Waals surface area contributed by atoms with Crippen LogP contribution in [0.5, 0.6) is 5.75 Å². The zero-order valence-corrected chi connectivity index (χ0v) is 14.5. The Morgan fingerprint density at radius 2 is 2.09 bits per heavy atom. The van der Waals surface area contributed by atoms with E-state index in [1.807, 2.05) is 0 Å². The number of nitrogens with one attached hydrogen (secondary N) is 2. The number of hydrogen-bond acceptors (Lipinski definition) is 5. The van der Waals surface area contributed by atoms with Crippen molar-refractivity contribution in [3.63, 3.8) is 0 Å². The molecule has 3 N–H and O–H groups in total. The number of methoxy groups -OCH3 is 1. The quantitative estimate of drug-likeness (QED) is 0.398. The second-order valence-electron chi connectivity index (χ2n) is 5.16. The molecule has 128 valence electrons. The molecule has 1 saturated heterocycles. The molecule has 0 spiro atoms. The van der Waals surface area contributed by atoms with Crippen LogP contribution >= 0.6 is 12.2 Å². The van der Waals surface area contributed by atoms with Crippen LogP contribution < -0.4 is 10.6 Å². The molecule has 0 amide bonds. The molecule has 9 heteroatoms. The largest absolute Gasteiger partial charge is 0.506 e. The molecule has 1 aromatic carbocycles. The van der Waals surface area contributed by atoms with Crippen molar-refractivity contribution >= 4 is 33.0 Å². The first-order valence-electron chi connectivity index (χ1n) is 7.32. The molecule has 2 rings (SSSR count). The lowest BCUT2D eigenvalue weighted by atomic mass is 10.3. The number of nitrogens with zero attached hydrogens (tertiary/aromatic N) is 1. The normalized spacial score (nSPS) is 15.5. The average molecular weight is 359 g/mol. The van der Waals surface area contributed by atoms with Crippen LogP contribution in [0.3, 0.4) is 0 Å². The van der Waals surface area contributed by atoms with E-state index in [0.717, 1.165) is 12.8 Å². The molecule has 0 bridgehead atoms. The van der Waals surface area contributed by atoms with Gasteiger partial charge < -0.3 is 20.5 Å². The lowest BCUT2D eigenvalue weighted by molar-refractivity contribution is 0.204. The SMILES string of the molecule is COCCNC(=S)Nc1cc(S(=O)(=O)N2CCCC2)ccc1O. The number of thiocarbonyl (C=S) groups is 1. The molecule has 0 unspecified atom stereocenters. The number of rotatable bonds is 6. The van der Waals surface area contributed by atoms with E-state index in [4.69, 9.17) is 17.0 Å². The van der Waals surface area contributed by atoms with Gasteiger partial charge in [0.05, 0.1) is 17.2 Å². The fraction of sp³-hybridized carbons (Fsp3) is 0.500. The number of phenols is 1. The van der Waals surface area contributed by atoms with Gasteiger partial charge in [0.25, 0.3) is 0 Å². The summed E-state index contributed by atoms with van der Waals surface area (Å²) in [4.78, 5) is 0.138. The summed E-state index contributed by atoms with van der Waals surface area (Å²) in [6, 6.07) is 4.14.